The van der Waals surface area contributed by atoms with Crippen molar-refractivity contribution in [1.82, 2.24) is 4.98 Å². The minimum Gasteiger partial charge on any atom is -0.227 e. The highest BCUT2D eigenvalue weighted by Crippen LogP contribution is 2.17. The van der Waals surface area contributed by atoms with Gasteiger partial charge in [-0.25, -0.2) is 18.5 Å². The zero-order valence-electron chi connectivity index (χ0n) is 5.66. The van der Waals surface area contributed by atoms with Gasteiger partial charge in [-0.1, -0.05) is 0 Å². The maximum atomic E-state index is 12.8. The Bertz CT molecular complexity index is 386. The standard InChI is InChI=1S/C5H4FIN2O2S/c6-5-4(12(8,10)11)3(7)1-2-9-5/h1-2H,(H2,8,10,11). The van der Waals surface area contributed by atoms with Crippen LogP contribution in [0.15, 0.2) is 17.2 Å². The SMILES string of the molecule is NS(=O)(=O)c1c(I)ccnc1F. The fraction of sp³-hybridized carbons (Fsp3) is 0. The average molecular weight is 302 g/mol. The Balaban J connectivity index is 3.53. The first-order valence-electron chi connectivity index (χ1n) is 2.75. The maximum Gasteiger partial charge on any atom is 0.243 e. The van der Waals surface area contributed by atoms with Crippen molar-refractivity contribution in [2.45, 2.75) is 4.90 Å². The van der Waals surface area contributed by atoms with Crippen molar-refractivity contribution in [3.8, 4) is 0 Å². The molecule has 4 nitrogen and oxygen atoms in total. The summed E-state index contributed by atoms with van der Waals surface area (Å²) in [5.74, 6) is -1.07. The van der Waals surface area contributed by atoms with E-state index in [1.54, 1.807) is 22.6 Å². The molecule has 12 heavy (non-hydrogen) atoms. The lowest BCUT2D eigenvalue weighted by Crippen LogP contribution is -2.16. The summed E-state index contributed by atoms with van der Waals surface area (Å²) in [5.41, 5.74) is 0. The second-order valence-corrected chi connectivity index (χ2v) is 4.62. The predicted molar refractivity (Wildman–Crippen MR) is 48.3 cm³/mol. The van der Waals surface area contributed by atoms with Gasteiger partial charge in [-0.3, -0.25) is 0 Å². The molecule has 0 saturated carbocycles. The van der Waals surface area contributed by atoms with E-state index in [0.29, 0.717) is 0 Å². The summed E-state index contributed by atoms with van der Waals surface area (Å²) in [4.78, 5) is 2.63. The van der Waals surface area contributed by atoms with Gasteiger partial charge in [-0.2, -0.15) is 4.39 Å². The Hall–Kier alpha value is -0.280. The minimum atomic E-state index is -4.01. The van der Waals surface area contributed by atoms with Crippen molar-refractivity contribution in [2.75, 3.05) is 0 Å². The number of hydrogen-bond acceptors (Lipinski definition) is 3. The highest BCUT2D eigenvalue weighted by Gasteiger charge is 2.18. The van der Waals surface area contributed by atoms with Gasteiger partial charge in [0.05, 0.1) is 0 Å². The number of rotatable bonds is 1. The van der Waals surface area contributed by atoms with Crippen molar-refractivity contribution in [2.24, 2.45) is 5.14 Å². The van der Waals surface area contributed by atoms with Crippen molar-refractivity contribution in [3.63, 3.8) is 0 Å². The third-order valence-corrected chi connectivity index (χ3v) is 3.32. The van der Waals surface area contributed by atoms with E-state index in [-0.39, 0.29) is 3.57 Å². The van der Waals surface area contributed by atoms with Gasteiger partial charge in [0.1, 0.15) is 4.90 Å². The third-order valence-electron chi connectivity index (χ3n) is 1.10. The number of nitrogens with zero attached hydrogens (tertiary/aromatic N) is 1. The summed E-state index contributed by atoms with van der Waals surface area (Å²) in [6, 6.07) is 1.36. The summed E-state index contributed by atoms with van der Waals surface area (Å²) in [7, 11) is -4.01. The second-order valence-electron chi connectivity index (χ2n) is 1.96. The van der Waals surface area contributed by atoms with Crippen LogP contribution in [0.4, 0.5) is 4.39 Å². The molecule has 0 atom stereocenters. The third kappa shape index (κ3) is 1.90. The van der Waals surface area contributed by atoms with Gasteiger partial charge in [0.2, 0.25) is 16.0 Å². The highest BCUT2D eigenvalue weighted by molar-refractivity contribution is 14.1. The molecule has 1 rings (SSSR count). The monoisotopic (exact) mass is 302 g/mol. The molecule has 0 bridgehead atoms. The van der Waals surface area contributed by atoms with Gasteiger partial charge < -0.3 is 0 Å². The summed E-state index contributed by atoms with van der Waals surface area (Å²) in [6.07, 6.45) is 1.17. The van der Waals surface area contributed by atoms with Crippen molar-refractivity contribution < 1.29 is 12.8 Å². The molecular formula is C5H4FIN2O2S. The Kier molecular flexibility index (Phi) is 2.64. The lowest BCUT2D eigenvalue weighted by molar-refractivity contribution is 0.536. The summed E-state index contributed by atoms with van der Waals surface area (Å²) >= 11 is 1.67. The smallest absolute Gasteiger partial charge is 0.227 e. The molecule has 0 spiro atoms. The molecule has 0 unspecified atom stereocenters. The molecule has 1 aromatic heterocycles. The maximum absolute atomic E-state index is 12.8. The quantitative estimate of drug-likeness (QED) is 0.605. The van der Waals surface area contributed by atoms with E-state index in [9.17, 15) is 12.8 Å². The molecule has 0 fully saturated rings. The Morgan fingerprint density at radius 3 is 2.50 bits per heavy atom. The average Bonchev–Trinajstić information content (AvgIpc) is 1.82. The van der Waals surface area contributed by atoms with Crippen LogP contribution in [0.5, 0.6) is 0 Å². The topological polar surface area (TPSA) is 73.1 Å². The predicted octanol–water partition coefficient (Wildman–Crippen LogP) is 0.473. The molecular weight excluding hydrogens is 298 g/mol. The highest BCUT2D eigenvalue weighted by atomic mass is 127. The van der Waals surface area contributed by atoms with Crippen LogP contribution in [0.25, 0.3) is 0 Å². The number of aromatic nitrogens is 1. The van der Waals surface area contributed by atoms with E-state index in [0.717, 1.165) is 0 Å². The molecule has 1 aromatic rings. The number of sulfonamides is 1. The summed E-state index contributed by atoms with van der Waals surface area (Å²) in [5, 5.41) is 4.75. The van der Waals surface area contributed by atoms with Crippen molar-refractivity contribution in [1.29, 1.82) is 0 Å². The minimum absolute atomic E-state index is 0.225. The Labute approximate surface area is 82.2 Å². The van der Waals surface area contributed by atoms with Gasteiger partial charge in [-0.15, -0.1) is 0 Å². The number of hydrogen-bond donors (Lipinski definition) is 1. The normalized spacial score (nSPS) is 11.6. The van der Waals surface area contributed by atoms with E-state index >= 15 is 0 Å². The van der Waals surface area contributed by atoms with E-state index in [1.807, 2.05) is 0 Å². The van der Waals surface area contributed by atoms with E-state index < -0.39 is 20.9 Å². The molecule has 0 radical (unpaired) electrons. The van der Waals surface area contributed by atoms with Crippen LogP contribution >= 0.6 is 22.6 Å². The number of nitrogens with two attached hydrogens (primary N) is 1. The fourth-order valence-electron chi connectivity index (χ4n) is 0.654. The molecule has 0 aliphatic rings. The first kappa shape index (κ1) is 9.81. The van der Waals surface area contributed by atoms with Gasteiger partial charge in [0.25, 0.3) is 0 Å². The van der Waals surface area contributed by atoms with Crippen molar-refractivity contribution in [3.05, 3.63) is 21.8 Å². The van der Waals surface area contributed by atoms with Crippen LogP contribution in [0.1, 0.15) is 0 Å². The van der Waals surface area contributed by atoms with Crippen LogP contribution in [0.2, 0.25) is 0 Å². The zero-order valence-corrected chi connectivity index (χ0v) is 8.63. The lowest BCUT2D eigenvalue weighted by atomic mass is 10.5. The van der Waals surface area contributed by atoms with E-state index in [1.165, 1.54) is 12.3 Å². The molecule has 7 heteroatoms. The Morgan fingerprint density at radius 2 is 2.17 bits per heavy atom. The zero-order chi connectivity index (χ0) is 9.35. The number of pyridine rings is 1. The first-order valence-corrected chi connectivity index (χ1v) is 5.38. The van der Waals surface area contributed by atoms with Gasteiger partial charge in [0.15, 0.2) is 0 Å². The lowest BCUT2D eigenvalue weighted by Gasteiger charge is -2.00. The van der Waals surface area contributed by atoms with Crippen molar-refractivity contribution >= 4 is 32.6 Å². The first-order chi connectivity index (χ1) is 5.43. The molecule has 0 aliphatic carbocycles. The van der Waals surface area contributed by atoms with Crippen LogP contribution in [0, 0.1) is 9.52 Å². The molecule has 2 N–H and O–H groups in total. The van der Waals surface area contributed by atoms with Crippen LogP contribution in [-0.2, 0) is 10.0 Å². The molecule has 0 aliphatic heterocycles. The van der Waals surface area contributed by atoms with Crippen LogP contribution in [0.3, 0.4) is 0 Å². The van der Waals surface area contributed by atoms with Crippen LogP contribution < -0.4 is 5.14 Å². The molecule has 66 valence electrons. The molecule has 0 aromatic carbocycles. The molecule has 0 saturated heterocycles. The van der Waals surface area contributed by atoms with E-state index in [4.69, 9.17) is 5.14 Å². The number of primary sulfonamides is 1. The largest absolute Gasteiger partial charge is 0.243 e. The van der Waals surface area contributed by atoms with Crippen LogP contribution in [-0.4, -0.2) is 13.4 Å². The molecule has 1 heterocycles. The Morgan fingerprint density at radius 1 is 1.58 bits per heavy atom. The number of halogens is 2. The van der Waals surface area contributed by atoms with Gasteiger partial charge >= 0.3 is 0 Å². The summed E-state index contributed by atoms with van der Waals surface area (Å²) in [6.45, 7) is 0. The molecule has 0 amide bonds. The summed E-state index contributed by atoms with van der Waals surface area (Å²) < 4.78 is 34.5. The van der Waals surface area contributed by atoms with E-state index in [2.05, 4.69) is 4.98 Å². The van der Waals surface area contributed by atoms with Gasteiger partial charge in [-0.05, 0) is 28.7 Å². The second kappa shape index (κ2) is 3.23. The fourth-order valence-corrected chi connectivity index (χ4v) is 2.59. The van der Waals surface area contributed by atoms with Gasteiger partial charge in [0, 0.05) is 9.77 Å².